The molecule has 2 aromatic rings. The molecule has 5 heteroatoms. The van der Waals surface area contributed by atoms with Gasteiger partial charge in [-0.3, -0.25) is 4.79 Å². The molecule has 3 nitrogen and oxygen atoms in total. The summed E-state index contributed by atoms with van der Waals surface area (Å²) in [5.41, 5.74) is 0.769. The summed E-state index contributed by atoms with van der Waals surface area (Å²) in [6.07, 6.45) is 4.15. The predicted octanol–water partition coefficient (Wildman–Crippen LogP) is 3.36. The van der Waals surface area contributed by atoms with Crippen LogP contribution in [0.2, 0.25) is 4.34 Å². The van der Waals surface area contributed by atoms with Crippen molar-refractivity contribution in [1.29, 1.82) is 0 Å². The molecule has 0 amide bonds. The van der Waals surface area contributed by atoms with Gasteiger partial charge in [0.1, 0.15) is 0 Å². The molecule has 0 unspecified atom stereocenters. The molecule has 3 heterocycles. The van der Waals surface area contributed by atoms with Crippen LogP contribution in [0.5, 0.6) is 0 Å². The molecule has 1 aliphatic rings. The maximum atomic E-state index is 12.5. The molecule has 19 heavy (non-hydrogen) atoms. The van der Waals surface area contributed by atoms with Crippen molar-refractivity contribution in [2.75, 3.05) is 13.1 Å². The van der Waals surface area contributed by atoms with E-state index in [0.717, 1.165) is 31.6 Å². The molecule has 0 saturated carbocycles. The van der Waals surface area contributed by atoms with Crippen LogP contribution >= 0.6 is 22.9 Å². The fourth-order valence-corrected chi connectivity index (χ4v) is 3.54. The number of carbonyl (C=O) groups is 1. The first-order valence-corrected chi connectivity index (χ1v) is 7.63. The second-order valence-electron chi connectivity index (χ2n) is 4.71. The fourth-order valence-electron chi connectivity index (χ4n) is 2.55. The lowest BCUT2D eigenvalue weighted by molar-refractivity contribution is 0.103. The summed E-state index contributed by atoms with van der Waals surface area (Å²) in [6, 6.07) is 7.85. The lowest BCUT2D eigenvalue weighted by Crippen LogP contribution is -2.30. The fraction of sp³-hybridized carbons (Fsp3) is 0.357. The zero-order valence-electron chi connectivity index (χ0n) is 10.4. The van der Waals surface area contributed by atoms with Crippen LogP contribution in [0.25, 0.3) is 0 Å². The Morgan fingerprint density at radius 3 is 2.79 bits per heavy atom. The van der Waals surface area contributed by atoms with Gasteiger partial charge in [-0.15, -0.1) is 11.3 Å². The van der Waals surface area contributed by atoms with Gasteiger partial charge in [-0.25, -0.2) is 0 Å². The number of thiophene rings is 1. The molecule has 1 fully saturated rings. The Morgan fingerprint density at radius 1 is 1.32 bits per heavy atom. The number of piperidine rings is 1. The van der Waals surface area contributed by atoms with Crippen molar-refractivity contribution in [3.05, 3.63) is 45.4 Å². The third-order valence-electron chi connectivity index (χ3n) is 3.51. The maximum Gasteiger partial charge on any atom is 0.219 e. The van der Waals surface area contributed by atoms with E-state index in [1.807, 2.05) is 18.3 Å². The second kappa shape index (κ2) is 5.49. The first kappa shape index (κ1) is 12.9. The molecule has 1 aliphatic heterocycles. The van der Waals surface area contributed by atoms with Crippen molar-refractivity contribution >= 4 is 28.7 Å². The van der Waals surface area contributed by atoms with Crippen LogP contribution in [0.1, 0.15) is 34.2 Å². The van der Waals surface area contributed by atoms with E-state index in [9.17, 15) is 4.79 Å². The topological polar surface area (TPSA) is 34.0 Å². The van der Waals surface area contributed by atoms with Crippen LogP contribution in [-0.4, -0.2) is 23.4 Å². The third-order valence-corrected chi connectivity index (χ3v) is 4.74. The van der Waals surface area contributed by atoms with E-state index in [2.05, 4.69) is 9.88 Å². The third kappa shape index (κ3) is 2.61. The molecule has 3 rings (SSSR count). The highest BCUT2D eigenvalue weighted by Gasteiger charge is 2.21. The SMILES string of the molecule is O=C(c1ccc(Cl)s1)c1cccn1C1CCNCC1. The Hall–Kier alpha value is -1.10. The Bertz CT molecular complexity index is 584. The number of halogens is 1. The zero-order valence-corrected chi connectivity index (χ0v) is 12.0. The maximum absolute atomic E-state index is 12.5. The van der Waals surface area contributed by atoms with E-state index < -0.39 is 0 Å². The van der Waals surface area contributed by atoms with Crippen LogP contribution in [0.3, 0.4) is 0 Å². The largest absolute Gasteiger partial charge is 0.342 e. The van der Waals surface area contributed by atoms with Gasteiger partial charge in [0.2, 0.25) is 5.78 Å². The number of hydrogen-bond acceptors (Lipinski definition) is 3. The van der Waals surface area contributed by atoms with E-state index in [0.29, 0.717) is 15.3 Å². The quantitative estimate of drug-likeness (QED) is 0.881. The molecule has 0 bridgehead atoms. The molecule has 100 valence electrons. The van der Waals surface area contributed by atoms with Crippen LogP contribution < -0.4 is 5.32 Å². The number of carbonyl (C=O) groups excluding carboxylic acids is 1. The average molecular weight is 295 g/mol. The Morgan fingerprint density at radius 2 is 2.11 bits per heavy atom. The molecule has 1 N–H and O–H groups in total. The Labute approximate surface area is 121 Å². The monoisotopic (exact) mass is 294 g/mol. The van der Waals surface area contributed by atoms with E-state index in [1.165, 1.54) is 11.3 Å². The van der Waals surface area contributed by atoms with Crippen molar-refractivity contribution < 1.29 is 4.79 Å². The van der Waals surface area contributed by atoms with Crippen molar-refractivity contribution in [2.24, 2.45) is 0 Å². The van der Waals surface area contributed by atoms with Gasteiger partial charge >= 0.3 is 0 Å². The minimum Gasteiger partial charge on any atom is -0.342 e. The molecule has 0 aromatic carbocycles. The lowest BCUT2D eigenvalue weighted by atomic mass is 10.1. The number of nitrogens with zero attached hydrogens (tertiary/aromatic N) is 1. The van der Waals surface area contributed by atoms with Crippen molar-refractivity contribution in [2.45, 2.75) is 18.9 Å². The van der Waals surface area contributed by atoms with Crippen molar-refractivity contribution in [3.63, 3.8) is 0 Å². The molecule has 0 atom stereocenters. The smallest absolute Gasteiger partial charge is 0.219 e. The van der Waals surface area contributed by atoms with E-state index in [-0.39, 0.29) is 5.78 Å². The Balaban J connectivity index is 1.89. The molecule has 0 spiro atoms. The van der Waals surface area contributed by atoms with Crippen molar-refractivity contribution in [3.8, 4) is 0 Å². The summed E-state index contributed by atoms with van der Waals surface area (Å²) < 4.78 is 2.78. The molecule has 1 saturated heterocycles. The first-order valence-electron chi connectivity index (χ1n) is 6.43. The predicted molar refractivity (Wildman–Crippen MR) is 78.3 cm³/mol. The minimum absolute atomic E-state index is 0.0698. The first-order chi connectivity index (χ1) is 9.25. The van der Waals surface area contributed by atoms with Crippen molar-refractivity contribution in [1.82, 2.24) is 9.88 Å². The lowest BCUT2D eigenvalue weighted by Gasteiger charge is -2.25. The van der Waals surface area contributed by atoms with Crippen LogP contribution in [0.4, 0.5) is 0 Å². The summed E-state index contributed by atoms with van der Waals surface area (Å²) in [7, 11) is 0. The van der Waals surface area contributed by atoms with Crippen LogP contribution in [0.15, 0.2) is 30.5 Å². The minimum atomic E-state index is 0.0698. The van der Waals surface area contributed by atoms with Gasteiger partial charge in [-0.1, -0.05) is 11.6 Å². The van der Waals surface area contributed by atoms with Gasteiger partial charge in [0.05, 0.1) is 14.9 Å². The number of hydrogen-bond donors (Lipinski definition) is 1. The van der Waals surface area contributed by atoms with Gasteiger partial charge in [0.25, 0.3) is 0 Å². The van der Waals surface area contributed by atoms with Crippen LogP contribution in [-0.2, 0) is 0 Å². The molecular weight excluding hydrogens is 280 g/mol. The van der Waals surface area contributed by atoms with Gasteiger partial charge in [-0.2, -0.15) is 0 Å². The highest BCUT2D eigenvalue weighted by Crippen LogP contribution is 2.27. The van der Waals surface area contributed by atoms with E-state index in [1.54, 1.807) is 12.1 Å². The number of aromatic nitrogens is 1. The molecule has 2 aromatic heterocycles. The standard InChI is InChI=1S/C14H15ClN2OS/c15-13-4-3-12(19-13)14(18)11-2-1-9-17(11)10-5-7-16-8-6-10/h1-4,9-10,16H,5-8H2. The average Bonchev–Trinajstić information content (AvgIpc) is 3.07. The molecular formula is C14H15ClN2OS. The highest BCUT2D eigenvalue weighted by molar-refractivity contribution is 7.18. The summed E-state index contributed by atoms with van der Waals surface area (Å²) in [6.45, 7) is 2.03. The summed E-state index contributed by atoms with van der Waals surface area (Å²) in [5, 5.41) is 3.35. The summed E-state index contributed by atoms with van der Waals surface area (Å²) in [5.74, 6) is 0.0698. The summed E-state index contributed by atoms with van der Waals surface area (Å²) in [4.78, 5) is 13.2. The summed E-state index contributed by atoms with van der Waals surface area (Å²) >= 11 is 7.25. The molecule has 0 aliphatic carbocycles. The normalized spacial score (nSPS) is 16.7. The van der Waals surface area contributed by atoms with E-state index in [4.69, 9.17) is 11.6 Å². The Kier molecular flexibility index (Phi) is 3.73. The van der Waals surface area contributed by atoms with E-state index >= 15 is 0 Å². The second-order valence-corrected chi connectivity index (χ2v) is 6.43. The zero-order chi connectivity index (χ0) is 13.2. The highest BCUT2D eigenvalue weighted by atomic mass is 35.5. The number of ketones is 1. The number of rotatable bonds is 3. The van der Waals surface area contributed by atoms with Gasteiger partial charge < -0.3 is 9.88 Å². The van der Waals surface area contributed by atoms with Gasteiger partial charge in [0, 0.05) is 12.2 Å². The number of nitrogens with one attached hydrogen (secondary N) is 1. The molecule has 0 radical (unpaired) electrons. The van der Waals surface area contributed by atoms with Gasteiger partial charge in [0.15, 0.2) is 0 Å². The van der Waals surface area contributed by atoms with Gasteiger partial charge in [-0.05, 0) is 50.2 Å². The van der Waals surface area contributed by atoms with Crippen LogP contribution in [0, 0.1) is 0 Å².